The topological polar surface area (TPSA) is 12.0 Å². The average Bonchev–Trinajstić information content (AvgIpc) is 2.45. The Morgan fingerprint density at radius 2 is 1.65 bits per heavy atom. The van der Waals surface area contributed by atoms with E-state index in [1.165, 1.54) is 49.7 Å². The number of benzene rings is 1. The van der Waals surface area contributed by atoms with Crippen LogP contribution in [0.2, 0.25) is 0 Å². The summed E-state index contributed by atoms with van der Waals surface area (Å²) in [6, 6.07) is 9.92. The van der Waals surface area contributed by atoms with Crippen molar-refractivity contribution >= 4 is 0 Å². The molecule has 0 spiro atoms. The Kier molecular flexibility index (Phi) is 8.60. The molecule has 1 N–H and O–H groups in total. The molecular weight excluding hydrogens is 242 g/mol. The molecule has 0 bridgehead atoms. The third-order valence-corrected chi connectivity index (χ3v) is 3.98. The average molecular weight is 275 g/mol. The molecule has 0 radical (unpaired) electrons. The van der Waals surface area contributed by atoms with Crippen LogP contribution in [0.5, 0.6) is 0 Å². The van der Waals surface area contributed by atoms with Crippen LogP contribution in [0.1, 0.15) is 76.8 Å². The first-order valence-electron chi connectivity index (χ1n) is 8.49. The highest BCUT2D eigenvalue weighted by Crippen LogP contribution is 2.16. The normalized spacial score (nSPS) is 12.8. The van der Waals surface area contributed by atoms with Crippen molar-refractivity contribution in [1.29, 1.82) is 0 Å². The highest BCUT2D eigenvalue weighted by molar-refractivity contribution is 5.24. The number of aryl methyl sites for hydroxylation is 1. The van der Waals surface area contributed by atoms with Crippen LogP contribution in [0.3, 0.4) is 0 Å². The predicted molar refractivity (Wildman–Crippen MR) is 90.5 cm³/mol. The zero-order valence-electron chi connectivity index (χ0n) is 13.9. The highest BCUT2D eigenvalue weighted by Gasteiger charge is 2.06. The molecule has 0 heterocycles. The Labute approximate surface area is 126 Å². The van der Waals surface area contributed by atoms with Gasteiger partial charge in [-0.05, 0) is 55.7 Å². The Bertz CT molecular complexity index is 339. The largest absolute Gasteiger partial charge is 0.314 e. The fraction of sp³-hybridized carbons (Fsp3) is 0.684. The van der Waals surface area contributed by atoms with Crippen LogP contribution in [0.15, 0.2) is 24.3 Å². The van der Waals surface area contributed by atoms with Crippen molar-refractivity contribution in [2.75, 3.05) is 6.54 Å². The van der Waals surface area contributed by atoms with Gasteiger partial charge in [0.25, 0.3) is 0 Å². The van der Waals surface area contributed by atoms with Gasteiger partial charge < -0.3 is 5.32 Å². The monoisotopic (exact) mass is 275 g/mol. The van der Waals surface area contributed by atoms with Crippen LogP contribution in [0.25, 0.3) is 0 Å². The third-order valence-electron chi connectivity index (χ3n) is 3.98. The van der Waals surface area contributed by atoms with E-state index in [9.17, 15) is 0 Å². The minimum Gasteiger partial charge on any atom is -0.314 e. The van der Waals surface area contributed by atoms with E-state index in [1.54, 1.807) is 0 Å². The molecule has 1 rings (SSSR count). The van der Waals surface area contributed by atoms with E-state index in [2.05, 4.69) is 57.3 Å². The van der Waals surface area contributed by atoms with Gasteiger partial charge in [0.1, 0.15) is 0 Å². The molecule has 114 valence electrons. The van der Waals surface area contributed by atoms with Gasteiger partial charge in [-0.25, -0.2) is 0 Å². The molecule has 0 aromatic heterocycles. The van der Waals surface area contributed by atoms with Crippen molar-refractivity contribution in [2.45, 2.75) is 78.2 Å². The van der Waals surface area contributed by atoms with Crippen molar-refractivity contribution in [3.05, 3.63) is 35.4 Å². The summed E-state index contributed by atoms with van der Waals surface area (Å²) in [7, 11) is 0. The van der Waals surface area contributed by atoms with Gasteiger partial charge in [0.15, 0.2) is 0 Å². The van der Waals surface area contributed by atoms with Crippen LogP contribution in [-0.4, -0.2) is 12.6 Å². The van der Waals surface area contributed by atoms with E-state index >= 15 is 0 Å². The molecule has 1 aromatic rings. The SMILES string of the molecule is CCCNC(CCC)CCCc1ccc(C(C)C)cc1. The van der Waals surface area contributed by atoms with Crippen molar-refractivity contribution < 1.29 is 0 Å². The summed E-state index contributed by atoms with van der Waals surface area (Å²) in [6.45, 7) is 10.2. The molecule has 0 saturated heterocycles. The molecular formula is C19H33N. The number of hydrogen-bond acceptors (Lipinski definition) is 1. The summed E-state index contributed by atoms with van der Waals surface area (Å²) >= 11 is 0. The number of hydrogen-bond donors (Lipinski definition) is 1. The lowest BCUT2D eigenvalue weighted by molar-refractivity contribution is 0.438. The Morgan fingerprint density at radius 3 is 2.20 bits per heavy atom. The van der Waals surface area contributed by atoms with Crippen molar-refractivity contribution in [3.8, 4) is 0 Å². The number of nitrogens with one attached hydrogen (secondary N) is 1. The summed E-state index contributed by atoms with van der Waals surface area (Å²) in [4.78, 5) is 0. The summed E-state index contributed by atoms with van der Waals surface area (Å²) in [5.41, 5.74) is 2.93. The third kappa shape index (κ3) is 6.56. The molecule has 0 aliphatic rings. The lowest BCUT2D eigenvalue weighted by atomic mass is 9.98. The molecule has 0 aliphatic heterocycles. The highest BCUT2D eigenvalue weighted by atomic mass is 14.9. The molecule has 0 fully saturated rings. The summed E-state index contributed by atoms with van der Waals surface area (Å²) in [5.74, 6) is 0.635. The lowest BCUT2D eigenvalue weighted by Gasteiger charge is -2.17. The first-order chi connectivity index (χ1) is 9.67. The smallest absolute Gasteiger partial charge is 0.00670 e. The minimum absolute atomic E-state index is 0.635. The lowest BCUT2D eigenvalue weighted by Crippen LogP contribution is -2.29. The molecule has 1 aromatic carbocycles. The first kappa shape index (κ1) is 17.2. The van der Waals surface area contributed by atoms with Crippen LogP contribution < -0.4 is 5.32 Å². The van der Waals surface area contributed by atoms with E-state index in [4.69, 9.17) is 0 Å². The molecule has 0 saturated carbocycles. The molecule has 1 heteroatoms. The maximum atomic E-state index is 3.68. The van der Waals surface area contributed by atoms with E-state index in [0.29, 0.717) is 5.92 Å². The van der Waals surface area contributed by atoms with Crippen LogP contribution in [0, 0.1) is 0 Å². The van der Waals surface area contributed by atoms with Gasteiger partial charge in [-0.2, -0.15) is 0 Å². The van der Waals surface area contributed by atoms with Crippen molar-refractivity contribution in [1.82, 2.24) is 5.32 Å². The fourth-order valence-corrected chi connectivity index (χ4v) is 2.67. The second-order valence-electron chi connectivity index (χ2n) is 6.23. The zero-order valence-corrected chi connectivity index (χ0v) is 13.9. The van der Waals surface area contributed by atoms with E-state index in [0.717, 1.165) is 12.6 Å². The zero-order chi connectivity index (χ0) is 14.8. The van der Waals surface area contributed by atoms with Gasteiger partial charge in [-0.3, -0.25) is 0 Å². The van der Waals surface area contributed by atoms with Gasteiger partial charge in [-0.15, -0.1) is 0 Å². The molecule has 1 unspecified atom stereocenters. The molecule has 0 aliphatic carbocycles. The number of rotatable bonds is 10. The predicted octanol–water partition coefficient (Wildman–Crippen LogP) is 5.30. The summed E-state index contributed by atoms with van der Waals surface area (Å²) < 4.78 is 0. The first-order valence-corrected chi connectivity index (χ1v) is 8.49. The van der Waals surface area contributed by atoms with Gasteiger partial charge in [0, 0.05) is 6.04 Å². The summed E-state index contributed by atoms with van der Waals surface area (Å²) in [5, 5.41) is 3.68. The molecule has 1 nitrogen and oxygen atoms in total. The minimum atomic E-state index is 0.635. The maximum Gasteiger partial charge on any atom is 0.00670 e. The van der Waals surface area contributed by atoms with Crippen LogP contribution >= 0.6 is 0 Å². The summed E-state index contributed by atoms with van der Waals surface area (Å²) in [6.07, 6.45) is 7.64. The van der Waals surface area contributed by atoms with Gasteiger partial charge in [0.05, 0.1) is 0 Å². The quantitative estimate of drug-likeness (QED) is 0.611. The van der Waals surface area contributed by atoms with E-state index in [1.807, 2.05) is 0 Å². The van der Waals surface area contributed by atoms with E-state index in [-0.39, 0.29) is 0 Å². The van der Waals surface area contributed by atoms with E-state index < -0.39 is 0 Å². The Hall–Kier alpha value is -0.820. The molecule has 20 heavy (non-hydrogen) atoms. The Morgan fingerprint density at radius 1 is 0.950 bits per heavy atom. The van der Waals surface area contributed by atoms with Gasteiger partial charge in [-0.1, -0.05) is 58.4 Å². The fourth-order valence-electron chi connectivity index (χ4n) is 2.67. The second-order valence-corrected chi connectivity index (χ2v) is 6.23. The maximum absolute atomic E-state index is 3.68. The molecule has 1 atom stereocenters. The van der Waals surface area contributed by atoms with Crippen molar-refractivity contribution in [3.63, 3.8) is 0 Å². The molecule has 0 amide bonds. The van der Waals surface area contributed by atoms with Gasteiger partial charge in [0.2, 0.25) is 0 Å². The van der Waals surface area contributed by atoms with Crippen LogP contribution in [0.4, 0.5) is 0 Å². The Balaban J connectivity index is 2.33. The second kappa shape index (κ2) is 9.99. The van der Waals surface area contributed by atoms with Crippen molar-refractivity contribution in [2.24, 2.45) is 0 Å². The van der Waals surface area contributed by atoms with Crippen LogP contribution in [-0.2, 0) is 6.42 Å². The standard InChI is InChI=1S/C19H33N/c1-5-8-19(20-15-6-2)10-7-9-17-11-13-18(14-12-17)16(3)4/h11-14,16,19-20H,5-10,15H2,1-4H3. The van der Waals surface area contributed by atoms with Gasteiger partial charge >= 0.3 is 0 Å².